The van der Waals surface area contributed by atoms with E-state index in [-0.39, 0.29) is 4.90 Å². The minimum absolute atomic E-state index is 0.238. The van der Waals surface area contributed by atoms with Crippen LogP contribution in [0.5, 0.6) is 0 Å². The third-order valence-corrected chi connectivity index (χ3v) is 3.55. The topological polar surface area (TPSA) is 84.5 Å². The first kappa shape index (κ1) is 17.3. The molecule has 0 fully saturated rings. The number of carbonyl (C=O) groups excluding carboxylic acids is 1. The molecule has 1 amide bonds. The van der Waals surface area contributed by atoms with Crippen LogP contribution in [0.15, 0.2) is 29.2 Å². The number of alkyl carbamates (subject to hydrolysis) is 1. The van der Waals surface area contributed by atoms with Crippen LogP contribution in [0, 0.1) is 0 Å². The van der Waals surface area contributed by atoms with Gasteiger partial charge in [0.15, 0.2) is 9.84 Å². The molecular formula is C14H22N2O4S. The quantitative estimate of drug-likeness (QED) is 0.812. The van der Waals surface area contributed by atoms with E-state index in [1.54, 1.807) is 45.0 Å². The Balaban J connectivity index is 2.49. The minimum Gasteiger partial charge on any atom is -0.444 e. The summed E-state index contributed by atoms with van der Waals surface area (Å²) in [5.41, 5.74) is -0.0218. The van der Waals surface area contributed by atoms with Gasteiger partial charge in [0.2, 0.25) is 0 Å². The van der Waals surface area contributed by atoms with E-state index in [4.69, 9.17) is 4.74 Å². The molecule has 0 heterocycles. The first-order valence-corrected chi connectivity index (χ1v) is 8.48. The zero-order chi connectivity index (χ0) is 16.1. The van der Waals surface area contributed by atoms with Gasteiger partial charge in [-0.05, 0) is 32.9 Å². The normalized spacial score (nSPS) is 11.8. The van der Waals surface area contributed by atoms with Crippen molar-refractivity contribution in [2.24, 2.45) is 0 Å². The Hall–Kier alpha value is -1.76. The fourth-order valence-corrected chi connectivity index (χ4v) is 2.48. The molecule has 118 valence electrons. The van der Waals surface area contributed by atoms with Gasteiger partial charge in [0, 0.05) is 19.3 Å². The van der Waals surface area contributed by atoms with E-state index in [0.717, 1.165) is 6.26 Å². The molecule has 0 saturated heterocycles. The van der Waals surface area contributed by atoms with Gasteiger partial charge < -0.3 is 15.4 Å². The van der Waals surface area contributed by atoms with Crippen molar-refractivity contribution >= 4 is 21.6 Å². The third kappa shape index (κ3) is 6.48. The number of hydrogen-bond donors (Lipinski definition) is 2. The molecule has 0 aliphatic carbocycles. The summed E-state index contributed by atoms with van der Waals surface area (Å²) in [6.45, 7) is 6.08. The van der Waals surface area contributed by atoms with Crippen molar-refractivity contribution in [1.29, 1.82) is 0 Å². The van der Waals surface area contributed by atoms with Gasteiger partial charge in [-0.3, -0.25) is 0 Å². The standard InChI is InChI=1S/C14H22N2O4S/c1-14(2,3)20-13(17)16-10-9-15-11-7-5-6-8-12(11)21(4,18)19/h5-8,15H,9-10H2,1-4H3,(H,16,17). The lowest BCUT2D eigenvalue weighted by Gasteiger charge is -2.19. The van der Waals surface area contributed by atoms with Crippen LogP contribution in [-0.4, -0.2) is 39.5 Å². The lowest BCUT2D eigenvalue weighted by molar-refractivity contribution is 0.0530. The number of rotatable bonds is 5. The predicted molar refractivity (Wildman–Crippen MR) is 82.3 cm³/mol. The molecule has 2 N–H and O–H groups in total. The molecule has 0 radical (unpaired) electrons. The van der Waals surface area contributed by atoms with Crippen molar-refractivity contribution in [2.45, 2.75) is 31.3 Å². The van der Waals surface area contributed by atoms with Gasteiger partial charge in [-0.1, -0.05) is 12.1 Å². The highest BCUT2D eigenvalue weighted by Crippen LogP contribution is 2.19. The second-order valence-electron chi connectivity index (χ2n) is 5.62. The summed E-state index contributed by atoms with van der Waals surface area (Å²) in [7, 11) is -3.29. The number of para-hydroxylation sites is 1. The van der Waals surface area contributed by atoms with Gasteiger partial charge in [-0.25, -0.2) is 13.2 Å². The van der Waals surface area contributed by atoms with Crippen LogP contribution >= 0.6 is 0 Å². The van der Waals surface area contributed by atoms with Crippen LogP contribution in [-0.2, 0) is 14.6 Å². The Labute approximate surface area is 125 Å². The van der Waals surface area contributed by atoms with E-state index >= 15 is 0 Å². The fraction of sp³-hybridized carbons (Fsp3) is 0.500. The highest BCUT2D eigenvalue weighted by molar-refractivity contribution is 7.90. The summed E-state index contributed by atoms with van der Waals surface area (Å²) in [6, 6.07) is 6.64. The van der Waals surface area contributed by atoms with Gasteiger partial charge in [-0.15, -0.1) is 0 Å². The predicted octanol–water partition coefficient (Wildman–Crippen LogP) is 2.03. The minimum atomic E-state index is -3.29. The second kappa shape index (κ2) is 6.80. The van der Waals surface area contributed by atoms with E-state index in [0.29, 0.717) is 18.8 Å². The number of amides is 1. The van der Waals surface area contributed by atoms with Crippen molar-refractivity contribution in [3.63, 3.8) is 0 Å². The molecule has 7 heteroatoms. The maximum atomic E-state index is 11.6. The molecule has 0 atom stereocenters. The number of carbonyl (C=O) groups is 1. The van der Waals surface area contributed by atoms with Crippen LogP contribution < -0.4 is 10.6 Å². The summed E-state index contributed by atoms with van der Waals surface area (Å²) in [6.07, 6.45) is 0.660. The van der Waals surface area contributed by atoms with Gasteiger partial charge in [-0.2, -0.15) is 0 Å². The van der Waals surface area contributed by atoms with Crippen LogP contribution in [0.1, 0.15) is 20.8 Å². The Kier molecular flexibility index (Phi) is 5.60. The van der Waals surface area contributed by atoms with E-state index in [9.17, 15) is 13.2 Å². The zero-order valence-electron chi connectivity index (χ0n) is 12.8. The summed E-state index contributed by atoms with van der Waals surface area (Å²) in [5, 5.41) is 5.58. The van der Waals surface area contributed by atoms with Crippen molar-refractivity contribution < 1.29 is 17.9 Å². The van der Waals surface area contributed by atoms with Crippen LogP contribution in [0.2, 0.25) is 0 Å². The Morgan fingerprint density at radius 1 is 1.19 bits per heavy atom. The molecule has 1 aromatic carbocycles. The number of benzene rings is 1. The highest BCUT2D eigenvalue weighted by Gasteiger charge is 2.15. The van der Waals surface area contributed by atoms with Gasteiger partial charge in [0.1, 0.15) is 5.60 Å². The van der Waals surface area contributed by atoms with E-state index in [1.807, 2.05) is 0 Å². The lowest BCUT2D eigenvalue weighted by Crippen LogP contribution is -2.35. The summed E-state index contributed by atoms with van der Waals surface area (Å²) >= 11 is 0. The van der Waals surface area contributed by atoms with Crippen molar-refractivity contribution in [1.82, 2.24) is 5.32 Å². The molecule has 0 aliphatic rings. The van der Waals surface area contributed by atoms with Crippen LogP contribution in [0.25, 0.3) is 0 Å². The highest BCUT2D eigenvalue weighted by atomic mass is 32.2. The third-order valence-electron chi connectivity index (χ3n) is 2.40. The molecule has 6 nitrogen and oxygen atoms in total. The molecule has 0 aliphatic heterocycles. The Morgan fingerprint density at radius 3 is 2.38 bits per heavy atom. The molecule has 21 heavy (non-hydrogen) atoms. The van der Waals surface area contributed by atoms with Gasteiger partial charge in [0.25, 0.3) is 0 Å². The van der Waals surface area contributed by atoms with Gasteiger partial charge >= 0.3 is 6.09 Å². The summed E-state index contributed by atoms with van der Waals surface area (Å²) in [5.74, 6) is 0. The monoisotopic (exact) mass is 314 g/mol. The lowest BCUT2D eigenvalue weighted by atomic mass is 10.2. The molecule has 0 bridgehead atoms. The number of anilines is 1. The Morgan fingerprint density at radius 2 is 1.81 bits per heavy atom. The SMILES string of the molecule is CC(C)(C)OC(=O)NCCNc1ccccc1S(C)(=O)=O. The molecule has 0 unspecified atom stereocenters. The van der Waals surface area contributed by atoms with Crippen molar-refractivity contribution in [2.75, 3.05) is 24.7 Å². The van der Waals surface area contributed by atoms with Crippen LogP contribution in [0.3, 0.4) is 0 Å². The molecular weight excluding hydrogens is 292 g/mol. The summed E-state index contributed by atoms with van der Waals surface area (Å²) < 4.78 is 28.3. The number of ether oxygens (including phenoxy) is 1. The molecule has 0 saturated carbocycles. The first-order chi connectivity index (χ1) is 9.59. The largest absolute Gasteiger partial charge is 0.444 e. The number of sulfone groups is 1. The van der Waals surface area contributed by atoms with Gasteiger partial charge in [0.05, 0.1) is 10.6 Å². The maximum Gasteiger partial charge on any atom is 0.407 e. The van der Waals surface area contributed by atoms with E-state index in [2.05, 4.69) is 10.6 Å². The molecule has 1 rings (SSSR count). The average molecular weight is 314 g/mol. The van der Waals surface area contributed by atoms with Crippen LogP contribution in [0.4, 0.5) is 10.5 Å². The zero-order valence-corrected chi connectivity index (χ0v) is 13.6. The van der Waals surface area contributed by atoms with Crippen molar-refractivity contribution in [3.8, 4) is 0 Å². The average Bonchev–Trinajstić information content (AvgIpc) is 2.32. The maximum absolute atomic E-state index is 11.6. The number of nitrogens with one attached hydrogen (secondary N) is 2. The molecule has 1 aromatic rings. The first-order valence-electron chi connectivity index (χ1n) is 6.59. The fourth-order valence-electron chi connectivity index (χ4n) is 1.61. The number of hydrogen-bond acceptors (Lipinski definition) is 5. The Bertz CT molecular complexity index is 591. The molecule has 0 aromatic heterocycles. The van der Waals surface area contributed by atoms with Crippen molar-refractivity contribution in [3.05, 3.63) is 24.3 Å². The van der Waals surface area contributed by atoms with E-state index < -0.39 is 21.5 Å². The summed E-state index contributed by atoms with van der Waals surface area (Å²) in [4.78, 5) is 11.7. The molecule has 0 spiro atoms. The second-order valence-corrected chi connectivity index (χ2v) is 7.61. The smallest absolute Gasteiger partial charge is 0.407 e. The van der Waals surface area contributed by atoms with E-state index in [1.165, 1.54) is 0 Å².